The van der Waals surface area contributed by atoms with E-state index < -0.39 is 11.9 Å². The van der Waals surface area contributed by atoms with E-state index in [-0.39, 0.29) is 18.4 Å². The lowest BCUT2D eigenvalue weighted by atomic mass is 9.83. The van der Waals surface area contributed by atoms with Crippen LogP contribution in [0.2, 0.25) is 0 Å². The van der Waals surface area contributed by atoms with E-state index in [1.165, 1.54) is 28.4 Å². The Morgan fingerprint density at radius 2 is 1.54 bits per heavy atom. The topological polar surface area (TPSA) is 116 Å². The molecule has 0 aromatic heterocycles. The number of hydrogen-bond acceptors (Lipinski definition) is 10. The highest BCUT2D eigenvalue weighted by molar-refractivity contribution is 6.00. The Balaban J connectivity index is 1.54. The van der Waals surface area contributed by atoms with Gasteiger partial charge >= 0.3 is 11.9 Å². The van der Waals surface area contributed by atoms with E-state index in [0.717, 1.165) is 30.9 Å². The highest BCUT2D eigenvalue weighted by Crippen LogP contribution is 2.38. The zero-order chi connectivity index (χ0) is 30.1. The van der Waals surface area contributed by atoms with E-state index in [0.29, 0.717) is 66.4 Å². The summed E-state index contributed by atoms with van der Waals surface area (Å²) in [5.41, 5.74) is 2.97. The number of dihydropyridines is 1. The Labute approximate surface area is 242 Å². The fourth-order valence-electron chi connectivity index (χ4n) is 5.51. The summed E-state index contributed by atoms with van der Waals surface area (Å²) >= 11 is 0. The lowest BCUT2D eigenvalue weighted by molar-refractivity contribution is -0.136. The number of rotatable bonds is 11. The minimum Gasteiger partial charge on any atom is -0.493 e. The van der Waals surface area contributed by atoms with Crippen LogP contribution in [0.25, 0.3) is 0 Å². The molecule has 0 radical (unpaired) electrons. The summed E-state index contributed by atoms with van der Waals surface area (Å²) in [4.78, 5) is 43.0. The van der Waals surface area contributed by atoms with Crippen molar-refractivity contribution in [1.82, 2.24) is 15.1 Å². The Kier molecular flexibility index (Phi) is 11.5. The highest BCUT2D eigenvalue weighted by Gasteiger charge is 2.36. The van der Waals surface area contributed by atoms with Crippen molar-refractivity contribution in [3.8, 4) is 17.2 Å². The van der Waals surface area contributed by atoms with E-state index in [2.05, 4.69) is 10.2 Å². The first-order valence-electron chi connectivity index (χ1n) is 14.0. The molecular formula is C30H43N3O8. The number of carbonyl (C=O) groups is 3. The number of methoxy groups -OCH3 is 4. The molecule has 2 heterocycles. The fraction of sp³-hybridized carbons (Fsp3) is 0.567. The van der Waals surface area contributed by atoms with Crippen molar-refractivity contribution in [2.24, 2.45) is 5.92 Å². The van der Waals surface area contributed by atoms with Crippen LogP contribution in [0.15, 0.2) is 34.7 Å². The second-order valence-electron chi connectivity index (χ2n) is 10.0. The number of allylic oxidation sites excluding steroid dienone is 2. The van der Waals surface area contributed by atoms with Gasteiger partial charge in [0.15, 0.2) is 11.5 Å². The largest absolute Gasteiger partial charge is 0.493 e. The molecule has 11 heteroatoms. The molecule has 226 valence electrons. The predicted octanol–water partition coefficient (Wildman–Crippen LogP) is 3.14. The molecule has 1 unspecified atom stereocenters. The van der Waals surface area contributed by atoms with Crippen LogP contribution in [-0.2, 0) is 19.1 Å². The van der Waals surface area contributed by atoms with Crippen LogP contribution < -0.4 is 19.5 Å². The molecule has 1 amide bonds. The zero-order valence-electron chi connectivity index (χ0n) is 25.3. The molecular weight excluding hydrogens is 530 g/mol. The van der Waals surface area contributed by atoms with Crippen LogP contribution in [0, 0.1) is 5.92 Å². The van der Waals surface area contributed by atoms with E-state index in [1.807, 2.05) is 25.7 Å². The number of carbonyl (C=O) groups excluding carboxylic acids is 3. The molecule has 0 saturated carbocycles. The van der Waals surface area contributed by atoms with Crippen LogP contribution >= 0.6 is 0 Å². The maximum Gasteiger partial charge on any atom is 0.338 e. The number of nitrogens with zero attached hydrogens (tertiary/aromatic N) is 2. The minimum absolute atomic E-state index is 0.0446. The highest BCUT2D eigenvalue weighted by atomic mass is 16.5. The van der Waals surface area contributed by atoms with Gasteiger partial charge < -0.3 is 38.8 Å². The third-order valence-corrected chi connectivity index (χ3v) is 7.55. The first-order valence-corrected chi connectivity index (χ1v) is 14.0. The van der Waals surface area contributed by atoms with Gasteiger partial charge in [-0.2, -0.15) is 0 Å². The van der Waals surface area contributed by atoms with Crippen molar-refractivity contribution >= 4 is 17.8 Å². The van der Waals surface area contributed by atoms with Gasteiger partial charge in [-0.25, -0.2) is 9.59 Å². The van der Waals surface area contributed by atoms with Gasteiger partial charge in [0.05, 0.1) is 46.2 Å². The number of esters is 2. The van der Waals surface area contributed by atoms with Gasteiger partial charge in [0.2, 0.25) is 5.75 Å². The minimum atomic E-state index is -0.470. The van der Waals surface area contributed by atoms with Crippen molar-refractivity contribution in [3.63, 3.8) is 0 Å². The van der Waals surface area contributed by atoms with Crippen molar-refractivity contribution in [2.75, 3.05) is 67.8 Å². The Hall–Kier alpha value is -3.73. The number of nitrogens with one attached hydrogen (secondary N) is 1. The number of hydrogen-bond donors (Lipinski definition) is 1. The number of ether oxygens (including phenoxy) is 5. The normalized spacial score (nSPS) is 17.9. The van der Waals surface area contributed by atoms with Crippen LogP contribution in [-0.4, -0.2) is 95.4 Å². The van der Waals surface area contributed by atoms with Gasteiger partial charge in [-0.05, 0) is 51.8 Å². The van der Waals surface area contributed by atoms with Crippen LogP contribution in [0.5, 0.6) is 17.2 Å². The van der Waals surface area contributed by atoms with Crippen LogP contribution in [0.3, 0.4) is 0 Å². The fourth-order valence-corrected chi connectivity index (χ4v) is 5.51. The van der Waals surface area contributed by atoms with Gasteiger partial charge in [-0.3, -0.25) is 4.79 Å². The summed E-state index contributed by atoms with van der Waals surface area (Å²) in [6, 6.07) is 3.13. The maximum absolute atomic E-state index is 13.7. The average molecular weight is 574 g/mol. The smallest absolute Gasteiger partial charge is 0.338 e. The van der Waals surface area contributed by atoms with E-state index in [4.69, 9.17) is 23.7 Å². The van der Waals surface area contributed by atoms with Crippen LogP contribution in [0.1, 0.15) is 50.4 Å². The third kappa shape index (κ3) is 7.32. The van der Waals surface area contributed by atoms with Gasteiger partial charge in [-0.15, -0.1) is 0 Å². The molecule has 1 aromatic rings. The standard InChI is InChI=1S/C30H43N3O8/c1-8-22-25(19(2)31-20(3)26(22)30(36)40-7)28(34)33-13-9-11-32(14-15-33)12-10-16-41-29(35)21-17-23(37-4)27(39-6)24(18-21)38-5/h17-18,22,31H,8-16H2,1-7H3. The Bertz CT molecular complexity index is 1170. The molecule has 0 spiro atoms. The maximum atomic E-state index is 13.7. The molecule has 2 aliphatic heterocycles. The van der Waals surface area contributed by atoms with E-state index in [1.54, 1.807) is 12.1 Å². The summed E-state index contributed by atoms with van der Waals surface area (Å²) in [6.45, 7) is 9.45. The molecule has 1 fully saturated rings. The molecule has 41 heavy (non-hydrogen) atoms. The summed E-state index contributed by atoms with van der Waals surface area (Å²) in [7, 11) is 5.85. The number of benzene rings is 1. The molecule has 1 atom stereocenters. The SMILES string of the molecule is CCC1C(C(=O)OC)=C(C)NC(C)=C1C(=O)N1CCCN(CCCOC(=O)c2cc(OC)c(OC)c(OC)c2)CC1. The molecule has 11 nitrogen and oxygen atoms in total. The Morgan fingerprint density at radius 3 is 2.12 bits per heavy atom. The van der Waals surface area contributed by atoms with Crippen LogP contribution in [0.4, 0.5) is 0 Å². The molecule has 0 bridgehead atoms. The van der Waals surface area contributed by atoms with Crippen molar-refractivity contribution in [1.29, 1.82) is 0 Å². The molecule has 1 aromatic carbocycles. The molecule has 2 aliphatic rings. The molecule has 0 aliphatic carbocycles. The van der Waals surface area contributed by atoms with Gasteiger partial charge in [-0.1, -0.05) is 6.92 Å². The van der Waals surface area contributed by atoms with E-state index >= 15 is 0 Å². The van der Waals surface area contributed by atoms with Crippen molar-refractivity contribution in [2.45, 2.75) is 40.0 Å². The average Bonchev–Trinajstić information content (AvgIpc) is 3.22. The second kappa shape index (κ2) is 14.8. The summed E-state index contributed by atoms with van der Waals surface area (Å²) < 4.78 is 26.5. The monoisotopic (exact) mass is 573 g/mol. The van der Waals surface area contributed by atoms with Gasteiger partial charge in [0.25, 0.3) is 5.91 Å². The van der Waals surface area contributed by atoms with Gasteiger partial charge in [0.1, 0.15) is 0 Å². The first-order chi connectivity index (χ1) is 19.7. The van der Waals surface area contributed by atoms with Crippen molar-refractivity contribution < 1.29 is 38.1 Å². The van der Waals surface area contributed by atoms with Gasteiger partial charge in [0, 0.05) is 49.1 Å². The number of amides is 1. The summed E-state index contributed by atoms with van der Waals surface area (Å²) in [5, 5.41) is 3.22. The lowest BCUT2D eigenvalue weighted by Crippen LogP contribution is -2.41. The quantitative estimate of drug-likeness (QED) is 0.313. The zero-order valence-corrected chi connectivity index (χ0v) is 25.3. The first kappa shape index (κ1) is 31.8. The van der Waals surface area contributed by atoms with Crippen molar-refractivity contribution in [3.05, 3.63) is 40.2 Å². The summed E-state index contributed by atoms with van der Waals surface area (Å²) in [6.07, 6.45) is 2.10. The molecule has 3 rings (SSSR count). The lowest BCUT2D eigenvalue weighted by Gasteiger charge is -2.32. The predicted molar refractivity (Wildman–Crippen MR) is 153 cm³/mol. The molecule has 1 N–H and O–H groups in total. The third-order valence-electron chi connectivity index (χ3n) is 7.55. The molecule has 1 saturated heterocycles. The van der Waals surface area contributed by atoms with E-state index in [9.17, 15) is 14.4 Å². The second-order valence-corrected chi connectivity index (χ2v) is 10.0. The Morgan fingerprint density at radius 1 is 0.878 bits per heavy atom. The summed E-state index contributed by atoms with van der Waals surface area (Å²) in [5.74, 6) is -0.0546.